The minimum absolute atomic E-state index is 0.0325. The largest absolute Gasteiger partial charge is 0.511 e. The predicted octanol–water partition coefficient (Wildman–Crippen LogP) is 1.77. The third kappa shape index (κ3) is 5.90. The van der Waals surface area contributed by atoms with Gasteiger partial charge in [0.2, 0.25) is 0 Å². The molecule has 0 aromatic heterocycles. The Hall–Kier alpha value is -0.720. The first-order valence-corrected chi connectivity index (χ1v) is 12.0. The molecule has 0 aliphatic carbocycles. The van der Waals surface area contributed by atoms with Crippen LogP contribution in [-0.2, 0) is 14.8 Å². The third-order valence-electron chi connectivity index (χ3n) is 5.13. The molecule has 2 fully saturated rings. The van der Waals surface area contributed by atoms with Crippen molar-refractivity contribution in [3.05, 3.63) is 0 Å². The number of aliphatic imine (C=N–C) groups is 1. The number of nitrogens with zero attached hydrogens (tertiary/aromatic N) is 2. The fraction of sp³-hybridized carbons (Fsp3) is 0.938. The number of hydrogen-bond acceptors (Lipinski definition) is 5. The number of ether oxygens (including phenoxy) is 1. The van der Waals surface area contributed by atoms with Crippen molar-refractivity contribution in [1.82, 2.24) is 14.9 Å². The van der Waals surface area contributed by atoms with Gasteiger partial charge in [0.25, 0.3) is 0 Å². The first-order chi connectivity index (χ1) is 13.1. The lowest BCUT2D eigenvalue weighted by atomic mass is 9.99. The molecule has 2 aliphatic rings. The van der Waals surface area contributed by atoms with Gasteiger partial charge >= 0.3 is 15.5 Å². The maximum atomic E-state index is 12.7. The van der Waals surface area contributed by atoms with Crippen LogP contribution >= 0.6 is 11.8 Å². The second-order valence-corrected chi connectivity index (χ2v) is 10.2. The number of guanidine groups is 1. The first kappa shape index (κ1) is 23.6. The monoisotopic (exact) mass is 446 g/mol. The zero-order valence-electron chi connectivity index (χ0n) is 16.2. The van der Waals surface area contributed by atoms with Crippen LogP contribution in [0.3, 0.4) is 0 Å². The number of thioether (sulfide) groups is 1. The molecule has 0 spiro atoms. The number of halogens is 3. The molecule has 2 aliphatic heterocycles. The highest BCUT2D eigenvalue weighted by Crippen LogP contribution is 2.34. The lowest BCUT2D eigenvalue weighted by Gasteiger charge is -2.35. The lowest BCUT2D eigenvalue weighted by Crippen LogP contribution is -2.52. The molecular weight excluding hydrogens is 417 g/mol. The van der Waals surface area contributed by atoms with Gasteiger partial charge in [-0.3, -0.25) is 4.99 Å². The number of sulfonamides is 1. The Morgan fingerprint density at radius 1 is 1.29 bits per heavy atom. The molecule has 2 rings (SSSR count). The number of alkyl halides is 3. The van der Waals surface area contributed by atoms with E-state index in [4.69, 9.17) is 4.74 Å². The van der Waals surface area contributed by atoms with E-state index in [-0.39, 0.29) is 23.9 Å². The summed E-state index contributed by atoms with van der Waals surface area (Å²) in [5, 5.41) is 6.41. The summed E-state index contributed by atoms with van der Waals surface area (Å²) in [6, 6.07) is -0.127. The molecule has 0 atom stereocenters. The van der Waals surface area contributed by atoms with Crippen molar-refractivity contribution >= 4 is 27.7 Å². The summed E-state index contributed by atoms with van der Waals surface area (Å²) >= 11 is 1.78. The van der Waals surface area contributed by atoms with E-state index in [1.807, 2.05) is 6.92 Å². The van der Waals surface area contributed by atoms with E-state index >= 15 is 0 Å². The molecule has 0 radical (unpaired) electrons. The number of piperidine rings is 1. The van der Waals surface area contributed by atoms with Gasteiger partial charge in [-0.1, -0.05) is 0 Å². The fourth-order valence-electron chi connectivity index (χ4n) is 3.29. The second-order valence-electron chi connectivity index (χ2n) is 6.96. The summed E-state index contributed by atoms with van der Waals surface area (Å²) in [5.41, 5.74) is -5.25. The molecule has 0 bridgehead atoms. The molecule has 2 N–H and O–H groups in total. The van der Waals surface area contributed by atoms with Crippen LogP contribution in [0.5, 0.6) is 0 Å². The van der Waals surface area contributed by atoms with Crippen molar-refractivity contribution in [3.8, 4) is 0 Å². The van der Waals surface area contributed by atoms with E-state index in [0.717, 1.165) is 12.8 Å². The molecule has 2 heterocycles. The lowest BCUT2D eigenvalue weighted by molar-refractivity contribution is -0.0494. The predicted molar refractivity (Wildman–Crippen MR) is 105 cm³/mol. The minimum Gasteiger partial charge on any atom is -0.381 e. The zero-order chi connectivity index (χ0) is 20.8. The van der Waals surface area contributed by atoms with Crippen LogP contribution in [0.25, 0.3) is 0 Å². The average molecular weight is 447 g/mol. The molecule has 2 saturated heterocycles. The highest BCUT2D eigenvalue weighted by Gasteiger charge is 2.50. The topological polar surface area (TPSA) is 83.0 Å². The van der Waals surface area contributed by atoms with Gasteiger partial charge in [0.1, 0.15) is 0 Å². The Labute approximate surface area is 168 Å². The molecule has 28 heavy (non-hydrogen) atoms. The molecule has 164 valence electrons. The van der Waals surface area contributed by atoms with Crippen molar-refractivity contribution in [2.75, 3.05) is 45.6 Å². The summed E-state index contributed by atoms with van der Waals surface area (Å²) in [4.78, 5) is 4.69. The normalized spacial score (nSPS) is 22.8. The summed E-state index contributed by atoms with van der Waals surface area (Å²) in [7, 11) is -5.25. The van der Waals surface area contributed by atoms with E-state index in [1.165, 1.54) is 0 Å². The van der Waals surface area contributed by atoms with E-state index in [0.29, 0.717) is 49.4 Å². The fourth-order valence-corrected chi connectivity index (χ4v) is 5.05. The molecule has 0 aromatic rings. The van der Waals surface area contributed by atoms with Gasteiger partial charge in [0.05, 0.1) is 6.54 Å². The maximum absolute atomic E-state index is 12.7. The summed E-state index contributed by atoms with van der Waals surface area (Å²) in [6.07, 6.45) is 4.50. The van der Waals surface area contributed by atoms with Gasteiger partial charge in [-0.05, 0) is 38.9 Å². The van der Waals surface area contributed by atoms with Crippen LogP contribution in [0.2, 0.25) is 0 Å². The van der Waals surface area contributed by atoms with Crippen molar-refractivity contribution in [2.24, 2.45) is 4.99 Å². The van der Waals surface area contributed by atoms with Gasteiger partial charge < -0.3 is 15.4 Å². The number of nitrogens with one attached hydrogen (secondary N) is 2. The molecule has 0 unspecified atom stereocenters. The minimum atomic E-state index is -5.25. The van der Waals surface area contributed by atoms with Crippen molar-refractivity contribution in [3.63, 3.8) is 0 Å². The van der Waals surface area contributed by atoms with E-state index < -0.39 is 15.5 Å². The van der Waals surface area contributed by atoms with E-state index in [1.54, 1.807) is 11.8 Å². The summed E-state index contributed by atoms with van der Waals surface area (Å²) in [5.74, 6) is 0.611. The Morgan fingerprint density at radius 3 is 2.39 bits per heavy atom. The SMILES string of the molecule is CCNC(=NCC1(SC)CCOCC1)NC1CCN(S(=O)(=O)C(F)(F)F)CC1. The van der Waals surface area contributed by atoms with Gasteiger partial charge in [-0.2, -0.15) is 29.2 Å². The van der Waals surface area contributed by atoms with Crippen LogP contribution in [-0.4, -0.2) is 80.6 Å². The van der Waals surface area contributed by atoms with Gasteiger partial charge in [0.15, 0.2) is 5.96 Å². The van der Waals surface area contributed by atoms with Crippen molar-refractivity contribution in [2.45, 2.75) is 48.9 Å². The zero-order valence-corrected chi connectivity index (χ0v) is 17.9. The van der Waals surface area contributed by atoms with Crippen LogP contribution in [0.4, 0.5) is 13.2 Å². The van der Waals surface area contributed by atoms with Crippen LogP contribution in [0.15, 0.2) is 4.99 Å². The summed E-state index contributed by atoms with van der Waals surface area (Å²) < 4.78 is 67.1. The highest BCUT2D eigenvalue weighted by atomic mass is 32.2. The van der Waals surface area contributed by atoms with Crippen LogP contribution in [0, 0.1) is 0 Å². The average Bonchev–Trinajstić information content (AvgIpc) is 2.66. The van der Waals surface area contributed by atoms with Crippen molar-refractivity contribution < 1.29 is 26.3 Å². The molecule has 12 heteroatoms. The third-order valence-corrected chi connectivity index (χ3v) is 8.17. The Balaban J connectivity index is 1.94. The van der Waals surface area contributed by atoms with E-state index in [9.17, 15) is 21.6 Å². The Morgan fingerprint density at radius 2 is 1.89 bits per heavy atom. The quantitative estimate of drug-likeness (QED) is 0.478. The molecule has 0 aromatic carbocycles. The van der Waals surface area contributed by atoms with Crippen LogP contribution in [0.1, 0.15) is 32.6 Å². The number of hydrogen-bond donors (Lipinski definition) is 2. The first-order valence-electron chi connectivity index (χ1n) is 9.38. The van der Waals surface area contributed by atoms with Gasteiger partial charge in [0, 0.05) is 43.6 Å². The Bertz CT molecular complexity index is 630. The maximum Gasteiger partial charge on any atom is 0.511 e. The van der Waals surface area contributed by atoms with Gasteiger partial charge in [-0.25, -0.2) is 8.42 Å². The van der Waals surface area contributed by atoms with Gasteiger partial charge in [-0.15, -0.1) is 0 Å². The van der Waals surface area contributed by atoms with E-state index in [2.05, 4.69) is 21.9 Å². The summed E-state index contributed by atoms with van der Waals surface area (Å²) in [6.45, 7) is 4.32. The second kappa shape index (κ2) is 9.86. The van der Waals surface area contributed by atoms with Crippen LogP contribution < -0.4 is 10.6 Å². The molecule has 7 nitrogen and oxygen atoms in total. The highest BCUT2D eigenvalue weighted by molar-refractivity contribution is 8.00. The molecule has 0 saturated carbocycles. The van der Waals surface area contributed by atoms with Crippen molar-refractivity contribution in [1.29, 1.82) is 0 Å². The smallest absolute Gasteiger partial charge is 0.381 e. The number of rotatable bonds is 6. The Kier molecular flexibility index (Phi) is 8.29. The molecule has 0 amide bonds. The molecular formula is C16H29F3N4O3S2. The standard InChI is InChI=1S/C16H29F3N4O3S2/c1-3-20-14(21-12-15(27-2)6-10-26-11-7-15)22-13-4-8-23(9-5-13)28(24,25)16(17,18)19/h13H,3-12H2,1-2H3,(H2,20,21,22).